The molecule has 0 saturated carbocycles. The molecule has 3 rings (SSSR count). The number of hydrogen-bond donors (Lipinski definition) is 1. The van der Waals surface area contributed by atoms with Crippen LogP contribution < -0.4 is 5.32 Å². The lowest BCUT2D eigenvalue weighted by Gasteiger charge is -2.19. The Hall–Kier alpha value is -2.99. The second-order valence-corrected chi connectivity index (χ2v) is 5.82. The lowest BCUT2D eigenvalue weighted by molar-refractivity contribution is 0.215. The highest BCUT2D eigenvalue weighted by atomic mass is 35.5. The van der Waals surface area contributed by atoms with Crippen LogP contribution in [0, 0.1) is 0 Å². The fourth-order valence-corrected chi connectivity index (χ4v) is 2.67. The zero-order valence-corrected chi connectivity index (χ0v) is 14.8. The van der Waals surface area contributed by atoms with Gasteiger partial charge >= 0.3 is 6.03 Å². The van der Waals surface area contributed by atoms with Gasteiger partial charge < -0.3 is 10.1 Å². The van der Waals surface area contributed by atoms with Gasteiger partial charge in [0.15, 0.2) is 0 Å². The van der Waals surface area contributed by atoms with Crippen molar-refractivity contribution in [2.45, 2.75) is 12.8 Å². The number of allylic oxidation sites excluding steroid dienone is 3. The Morgan fingerprint density at radius 2 is 2.15 bits per heavy atom. The van der Waals surface area contributed by atoms with Crippen molar-refractivity contribution < 1.29 is 9.53 Å². The lowest BCUT2D eigenvalue weighted by atomic mass is 9.96. The van der Waals surface area contributed by atoms with Crippen LogP contribution in [0.1, 0.15) is 18.5 Å². The van der Waals surface area contributed by atoms with Gasteiger partial charge in [-0.05, 0) is 37.3 Å². The molecule has 26 heavy (non-hydrogen) atoms. The van der Waals surface area contributed by atoms with Crippen molar-refractivity contribution in [3.63, 3.8) is 0 Å². The summed E-state index contributed by atoms with van der Waals surface area (Å²) >= 11 is 6.04. The summed E-state index contributed by atoms with van der Waals surface area (Å²) in [6.45, 7) is 2.39. The van der Waals surface area contributed by atoms with Crippen molar-refractivity contribution in [2.75, 3.05) is 11.9 Å². The van der Waals surface area contributed by atoms with Crippen molar-refractivity contribution in [1.29, 1.82) is 0 Å². The molecule has 1 N–H and O–H groups in total. The highest BCUT2D eigenvalue weighted by molar-refractivity contribution is 6.33. The SMILES string of the molecule is CCOC1=CC(=NC(=O)Nc2ccccc2Cl)C=CC1c1cccnn1. The summed E-state index contributed by atoms with van der Waals surface area (Å²) in [6, 6.07) is 10.2. The van der Waals surface area contributed by atoms with E-state index in [2.05, 4.69) is 20.5 Å². The van der Waals surface area contributed by atoms with Crippen LogP contribution in [0.5, 0.6) is 0 Å². The molecule has 7 heteroatoms. The van der Waals surface area contributed by atoms with Crippen LogP contribution in [0.2, 0.25) is 5.02 Å². The summed E-state index contributed by atoms with van der Waals surface area (Å²) in [7, 11) is 0. The zero-order chi connectivity index (χ0) is 18.4. The summed E-state index contributed by atoms with van der Waals surface area (Å²) in [5.74, 6) is 0.508. The van der Waals surface area contributed by atoms with Gasteiger partial charge in [-0.3, -0.25) is 0 Å². The predicted molar refractivity (Wildman–Crippen MR) is 102 cm³/mol. The van der Waals surface area contributed by atoms with Gasteiger partial charge in [0.2, 0.25) is 0 Å². The van der Waals surface area contributed by atoms with Gasteiger partial charge in [-0.2, -0.15) is 15.2 Å². The number of aromatic nitrogens is 2. The molecule has 2 amide bonds. The lowest BCUT2D eigenvalue weighted by Crippen LogP contribution is -2.14. The van der Waals surface area contributed by atoms with E-state index in [0.717, 1.165) is 5.69 Å². The maximum atomic E-state index is 12.2. The van der Waals surface area contributed by atoms with Crippen LogP contribution in [-0.4, -0.2) is 28.5 Å². The minimum Gasteiger partial charge on any atom is -0.497 e. The van der Waals surface area contributed by atoms with Crippen molar-refractivity contribution in [1.82, 2.24) is 10.2 Å². The minimum absolute atomic E-state index is 0.158. The smallest absolute Gasteiger partial charge is 0.345 e. The maximum Gasteiger partial charge on any atom is 0.345 e. The normalized spacial score (nSPS) is 17.7. The van der Waals surface area contributed by atoms with Crippen LogP contribution in [-0.2, 0) is 4.74 Å². The molecule has 132 valence electrons. The number of para-hydroxylation sites is 1. The van der Waals surface area contributed by atoms with E-state index in [1.807, 2.05) is 25.1 Å². The Bertz CT molecular complexity index is 878. The van der Waals surface area contributed by atoms with Crippen LogP contribution in [0.4, 0.5) is 10.5 Å². The number of carbonyl (C=O) groups excluding carboxylic acids is 1. The topological polar surface area (TPSA) is 76.5 Å². The number of ether oxygens (including phenoxy) is 1. The molecule has 1 aromatic heterocycles. The van der Waals surface area contributed by atoms with Gasteiger partial charge in [-0.15, -0.1) is 0 Å². The molecule has 1 atom stereocenters. The van der Waals surface area contributed by atoms with Gasteiger partial charge in [-0.1, -0.05) is 29.8 Å². The number of aliphatic imine (C=N–C) groups is 1. The number of urea groups is 1. The molecule has 0 bridgehead atoms. The third kappa shape index (κ3) is 4.34. The molecule has 1 aliphatic carbocycles. The van der Waals surface area contributed by atoms with Crippen LogP contribution in [0.15, 0.2) is 71.6 Å². The first-order valence-corrected chi connectivity index (χ1v) is 8.49. The Morgan fingerprint density at radius 3 is 2.88 bits per heavy atom. The number of nitrogens with one attached hydrogen (secondary N) is 1. The molecular formula is C19H17ClN4O2. The number of hydrogen-bond acceptors (Lipinski definition) is 4. The molecule has 0 radical (unpaired) electrons. The van der Waals surface area contributed by atoms with E-state index in [1.54, 1.807) is 42.6 Å². The standard InChI is InChI=1S/C19H17ClN4O2/c1-2-26-18-12-13(9-10-14(18)16-8-5-11-21-24-16)22-19(25)23-17-7-4-3-6-15(17)20/h3-12,14H,2H2,1H3,(H,23,25). The quantitative estimate of drug-likeness (QED) is 0.868. The van der Waals surface area contributed by atoms with Crippen molar-refractivity contribution in [3.8, 4) is 0 Å². The molecule has 0 fully saturated rings. The Morgan fingerprint density at radius 1 is 1.31 bits per heavy atom. The maximum absolute atomic E-state index is 12.2. The largest absolute Gasteiger partial charge is 0.497 e. The van der Waals surface area contributed by atoms with Crippen molar-refractivity contribution in [2.24, 2.45) is 4.99 Å². The summed E-state index contributed by atoms with van der Waals surface area (Å²) < 4.78 is 5.71. The Balaban J connectivity index is 1.79. The number of halogens is 1. The Labute approximate surface area is 156 Å². The number of amides is 2. The highest BCUT2D eigenvalue weighted by Gasteiger charge is 2.21. The zero-order valence-electron chi connectivity index (χ0n) is 14.1. The first-order valence-electron chi connectivity index (χ1n) is 8.11. The molecule has 1 heterocycles. The number of benzene rings is 1. The number of rotatable bonds is 4. The van der Waals surface area contributed by atoms with Crippen molar-refractivity contribution >= 4 is 29.0 Å². The predicted octanol–water partition coefficient (Wildman–Crippen LogP) is 4.38. The molecule has 0 spiro atoms. The van der Waals surface area contributed by atoms with Gasteiger partial charge in [0, 0.05) is 12.3 Å². The van der Waals surface area contributed by atoms with Gasteiger partial charge in [0.1, 0.15) is 5.76 Å². The van der Waals surface area contributed by atoms with E-state index in [4.69, 9.17) is 16.3 Å². The first kappa shape index (κ1) is 17.8. The van der Waals surface area contributed by atoms with Crippen molar-refractivity contribution in [3.05, 3.63) is 77.3 Å². The summed E-state index contributed by atoms with van der Waals surface area (Å²) in [4.78, 5) is 16.2. The molecule has 2 aromatic rings. The van der Waals surface area contributed by atoms with E-state index < -0.39 is 6.03 Å². The van der Waals surface area contributed by atoms with Gasteiger partial charge in [0.25, 0.3) is 0 Å². The van der Waals surface area contributed by atoms with Crippen LogP contribution in [0.25, 0.3) is 0 Å². The fourth-order valence-electron chi connectivity index (χ4n) is 2.49. The second-order valence-electron chi connectivity index (χ2n) is 5.41. The molecular weight excluding hydrogens is 352 g/mol. The number of nitrogens with zero attached hydrogens (tertiary/aromatic N) is 3. The average Bonchev–Trinajstić information content (AvgIpc) is 2.65. The van der Waals surface area contributed by atoms with Gasteiger partial charge in [0.05, 0.1) is 34.6 Å². The minimum atomic E-state index is -0.511. The molecule has 1 aliphatic rings. The van der Waals surface area contributed by atoms with Gasteiger partial charge in [-0.25, -0.2) is 4.79 Å². The third-order valence-electron chi connectivity index (χ3n) is 3.62. The Kier molecular flexibility index (Phi) is 5.76. The number of anilines is 1. The van der Waals surface area contributed by atoms with E-state index in [0.29, 0.717) is 28.8 Å². The molecule has 1 aromatic carbocycles. The molecule has 0 aliphatic heterocycles. The second kappa shape index (κ2) is 8.40. The molecule has 0 saturated heterocycles. The summed E-state index contributed by atoms with van der Waals surface area (Å²) in [5, 5.41) is 11.1. The van der Waals surface area contributed by atoms with Crippen LogP contribution >= 0.6 is 11.6 Å². The average molecular weight is 369 g/mol. The summed E-state index contributed by atoms with van der Waals surface area (Å²) in [6.07, 6.45) is 6.99. The monoisotopic (exact) mass is 368 g/mol. The first-order chi connectivity index (χ1) is 12.7. The van der Waals surface area contributed by atoms with E-state index in [1.165, 1.54) is 0 Å². The highest BCUT2D eigenvalue weighted by Crippen LogP contribution is 2.28. The van der Waals surface area contributed by atoms with E-state index in [-0.39, 0.29) is 5.92 Å². The summed E-state index contributed by atoms with van der Waals surface area (Å²) in [5.41, 5.74) is 1.76. The van der Waals surface area contributed by atoms with E-state index >= 15 is 0 Å². The van der Waals surface area contributed by atoms with E-state index in [9.17, 15) is 4.79 Å². The molecule has 6 nitrogen and oxygen atoms in total. The molecule has 1 unspecified atom stereocenters. The third-order valence-corrected chi connectivity index (χ3v) is 3.95. The van der Waals surface area contributed by atoms with Crippen LogP contribution in [0.3, 0.4) is 0 Å². The number of carbonyl (C=O) groups is 1. The fraction of sp³-hybridized carbons (Fsp3) is 0.158.